The summed E-state index contributed by atoms with van der Waals surface area (Å²) in [6.45, 7) is -0.271. The van der Waals surface area contributed by atoms with E-state index in [0.29, 0.717) is 15.5 Å². The molecular formula is C14H11ClN4O4S. The highest BCUT2D eigenvalue weighted by atomic mass is 35.5. The number of rotatable bonds is 6. The van der Waals surface area contributed by atoms with Gasteiger partial charge in [-0.2, -0.15) is 5.10 Å². The molecule has 2 rings (SSSR count). The summed E-state index contributed by atoms with van der Waals surface area (Å²) in [4.78, 5) is 33.9. The van der Waals surface area contributed by atoms with Crippen LogP contribution in [0.5, 0.6) is 0 Å². The third-order valence-electron chi connectivity index (χ3n) is 2.67. The van der Waals surface area contributed by atoms with Crippen molar-refractivity contribution in [3.05, 3.63) is 62.0 Å². The average Bonchev–Trinajstić information content (AvgIpc) is 3.02. The number of halogens is 1. The number of carbonyl (C=O) groups excluding carboxylic acids is 2. The summed E-state index contributed by atoms with van der Waals surface area (Å²) >= 11 is 6.71. The Labute approximate surface area is 145 Å². The van der Waals surface area contributed by atoms with Crippen LogP contribution >= 0.6 is 22.9 Å². The van der Waals surface area contributed by atoms with E-state index in [1.54, 1.807) is 18.2 Å². The summed E-state index contributed by atoms with van der Waals surface area (Å²) in [6, 6.07) is 9.17. The SMILES string of the molecule is O=C(CNC(=O)c1cccc(Cl)c1)NN=Cc1ccc([N+](=O)[O-])s1. The van der Waals surface area contributed by atoms with E-state index in [9.17, 15) is 19.7 Å². The van der Waals surface area contributed by atoms with E-state index < -0.39 is 16.7 Å². The number of nitro groups is 1. The molecule has 0 saturated heterocycles. The van der Waals surface area contributed by atoms with E-state index in [1.807, 2.05) is 0 Å². The molecule has 1 heterocycles. The Morgan fingerprint density at radius 3 is 2.79 bits per heavy atom. The number of thiophene rings is 1. The van der Waals surface area contributed by atoms with Gasteiger partial charge in [-0.05, 0) is 24.3 Å². The molecule has 0 aliphatic heterocycles. The molecule has 0 aliphatic carbocycles. The summed E-state index contributed by atoms with van der Waals surface area (Å²) < 4.78 is 0. The molecule has 8 nitrogen and oxygen atoms in total. The van der Waals surface area contributed by atoms with Crippen molar-refractivity contribution in [1.82, 2.24) is 10.7 Å². The standard InChI is InChI=1S/C14H11ClN4O4S/c15-10-3-1-2-9(6-10)14(21)16-8-12(20)18-17-7-11-4-5-13(24-11)19(22)23/h1-7H,8H2,(H,16,21)(H,18,20). The van der Waals surface area contributed by atoms with Gasteiger partial charge in [0, 0.05) is 16.7 Å². The van der Waals surface area contributed by atoms with E-state index >= 15 is 0 Å². The molecule has 0 radical (unpaired) electrons. The number of nitrogens with one attached hydrogen (secondary N) is 2. The van der Waals surface area contributed by atoms with Gasteiger partial charge >= 0.3 is 5.00 Å². The molecule has 2 N–H and O–H groups in total. The zero-order chi connectivity index (χ0) is 17.5. The maximum Gasteiger partial charge on any atom is 0.324 e. The lowest BCUT2D eigenvalue weighted by Crippen LogP contribution is -2.34. The van der Waals surface area contributed by atoms with E-state index in [-0.39, 0.29) is 11.5 Å². The number of carbonyl (C=O) groups is 2. The average molecular weight is 367 g/mol. The van der Waals surface area contributed by atoms with Gasteiger partial charge in [0.2, 0.25) is 0 Å². The third-order valence-corrected chi connectivity index (χ3v) is 3.88. The van der Waals surface area contributed by atoms with E-state index in [2.05, 4.69) is 15.8 Å². The molecule has 0 bridgehead atoms. The van der Waals surface area contributed by atoms with Gasteiger partial charge in [0.15, 0.2) is 0 Å². The van der Waals surface area contributed by atoms with Crippen LogP contribution in [0.25, 0.3) is 0 Å². The molecule has 1 aromatic heterocycles. The fourth-order valence-electron chi connectivity index (χ4n) is 1.61. The van der Waals surface area contributed by atoms with Gasteiger partial charge in [-0.3, -0.25) is 19.7 Å². The molecule has 0 unspecified atom stereocenters. The number of nitrogens with zero attached hydrogens (tertiary/aromatic N) is 2. The fourth-order valence-corrected chi connectivity index (χ4v) is 2.49. The summed E-state index contributed by atoms with van der Waals surface area (Å²) in [7, 11) is 0. The van der Waals surface area contributed by atoms with E-state index in [4.69, 9.17) is 11.6 Å². The minimum absolute atomic E-state index is 0.0171. The Hall–Kier alpha value is -2.78. The zero-order valence-electron chi connectivity index (χ0n) is 12.1. The van der Waals surface area contributed by atoms with Crippen LogP contribution in [0.1, 0.15) is 15.2 Å². The smallest absolute Gasteiger partial charge is 0.324 e. The van der Waals surface area contributed by atoms with Crippen LogP contribution in [0, 0.1) is 10.1 Å². The number of benzene rings is 1. The first-order valence-corrected chi connectivity index (χ1v) is 7.75. The summed E-state index contributed by atoms with van der Waals surface area (Å²) in [5.74, 6) is -0.974. The predicted octanol–water partition coefficient (Wildman–Crippen LogP) is 2.19. The molecule has 0 aliphatic rings. The maximum absolute atomic E-state index is 11.8. The number of hydrogen-bond acceptors (Lipinski definition) is 6. The van der Waals surface area contributed by atoms with Crippen LogP contribution in [-0.4, -0.2) is 29.5 Å². The maximum atomic E-state index is 11.8. The van der Waals surface area contributed by atoms with Crippen LogP contribution in [0.3, 0.4) is 0 Å². The van der Waals surface area contributed by atoms with Gasteiger partial charge in [0.05, 0.1) is 22.6 Å². The van der Waals surface area contributed by atoms with E-state index in [0.717, 1.165) is 11.3 Å². The molecule has 124 valence electrons. The second kappa shape index (κ2) is 8.18. The first kappa shape index (κ1) is 17.6. The van der Waals surface area contributed by atoms with Gasteiger partial charge in [-0.15, -0.1) is 0 Å². The van der Waals surface area contributed by atoms with Gasteiger partial charge in [-0.1, -0.05) is 29.0 Å². The first-order chi connectivity index (χ1) is 11.5. The summed E-state index contributed by atoms with van der Waals surface area (Å²) in [5, 5.41) is 17.0. The second-order valence-electron chi connectivity index (χ2n) is 4.42. The summed E-state index contributed by atoms with van der Waals surface area (Å²) in [5.41, 5.74) is 2.55. The monoisotopic (exact) mass is 366 g/mol. The summed E-state index contributed by atoms with van der Waals surface area (Å²) in [6.07, 6.45) is 1.29. The van der Waals surface area contributed by atoms with Crippen LogP contribution in [0.4, 0.5) is 5.00 Å². The molecular weight excluding hydrogens is 356 g/mol. The predicted molar refractivity (Wildman–Crippen MR) is 90.5 cm³/mol. The second-order valence-corrected chi connectivity index (χ2v) is 5.95. The molecule has 2 aromatic rings. The molecule has 0 atom stereocenters. The first-order valence-electron chi connectivity index (χ1n) is 6.55. The zero-order valence-corrected chi connectivity index (χ0v) is 13.6. The van der Waals surface area contributed by atoms with Crippen LogP contribution < -0.4 is 10.7 Å². The Morgan fingerprint density at radius 1 is 1.33 bits per heavy atom. The normalized spacial score (nSPS) is 10.5. The molecule has 1 aromatic carbocycles. The van der Waals surface area contributed by atoms with Crippen LogP contribution in [0.2, 0.25) is 5.02 Å². The fraction of sp³-hybridized carbons (Fsp3) is 0.0714. The van der Waals surface area contributed by atoms with Gasteiger partial charge in [-0.25, -0.2) is 5.43 Å². The molecule has 2 amide bonds. The van der Waals surface area contributed by atoms with Crippen LogP contribution in [0.15, 0.2) is 41.5 Å². The van der Waals surface area contributed by atoms with Crippen LogP contribution in [-0.2, 0) is 4.79 Å². The van der Waals surface area contributed by atoms with Crippen molar-refractivity contribution in [3.63, 3.8) is 0 Å². The topological polar surface area (TPSA) is 114 Å². The largest absolute Gasteiger partial charge is 0.343 e. The molecule has 24 heavy (non-hydrogen) atoms. The van der Waals surface area contributed by atoms with Crippen molar-refractivity contribution in [2.75, 3.05) is 6.54 Å². The van der Waals surface area contributed by atoms with Crippen molar-refractivity contribution in [2.24, 2.45) is 5.10 Å². The van der Waals surface area contributed by atoms with Crippen molar-refractivity contribution in [1.29, 1.82) is 0 Å². The van der Waals surface area contributed by atoms with Crippen molar-refractivity contribution < 1.29 is 14.5 Å². The van der Waals surface area contributed by atoms with Gasteiger partial charge in [0.1, 0.15) is 0 Å². The molecule has 0 fully saturated rings. The third kappa shape index (κ3) is 5.14. The van der Waals surface area contributed by atoms with Gasteiger partial charge < -0.3 is 5.32 Å². The highest BCUT2D eigenvalue weighted by Crippen LogP contribution is 2.22. The quantitative estimate of drug-likeness (QED) is 0.463. The lowest BCUT2D eigenvalue weighted by molar-refractivity contribution is -0.380. The van der Waals surface area contributed by atoms with E-state index in [1.165, 1.54) is 24.4 Å². The number of amides is 2. The molecule has 10 heteroatoms. The Morgan fingerprint density at radius 2 is 2.12 bits per heavy atom. The number of hydrazone groups is 1. The highest BCUT2D eigenvalue weighted by molar-refractivity contribution is 7.16. The molecule has 0 spiro atoms. The van der Waals surface area contributed by atoms with Gasteiger partial charge in [0.25, 0.3) is 11.8 Å². The lowest BCUT2D eigenvalue weighted by atomic mass is 10.2. The molecule has 0 saturated carbocycles. The highest BCUT2D eigenvalue weighted by Gasteiger charge is 2.09. The minimum atomic E-state index is -0.535. The van der Waals surface area contributed by atoms with Crippen molar-refractivity contribution in [3.8, 4) is 0 Å². The number of hydrogen-bond donors (Lipinski definition) is 2. The Bertz CT molecular complexity index is 806. The minimum Gasteiger partial charge on any atom is -0.343 e. The lowest BCUT2D eigenvalue weighted by Gasteiger charge is -2.04. The van der Waals surface area contributed by atoms with Crippen molar-refractivity contribution >= 4 is 46.0 Å². The van der Waals surface area contributed by atoms with Crippen molar-refractivity contribution in [2.45, 2.75) is 0 Å². The Kier molecular flexibility index (Phi) is 5.99. The Balaban J connectivity index is 1.79.